The maximum atomic E-state index is 13.6. The van der Waals surface area contributed by atoms with Gasteiger partial charge in [-0.15, -0.1) is 0 Å². The molecule has 0 unspecified atom stereocenters. The highest BCUT2D eigenvalue weighted by Crippen LogP contribution is 2.41. The molecule has 2 aliphatic rings. The molecular weight excluding hydrogens is 549 g/mol. The highest BCUT2D eigenvalue weighted by molar-refractivity contribution is 7.92. The zero-order valence-corrected chi connectivity index (χ0v) is 21.7. The minimum absolute atomic E-state index is 0.0201. The zero-order chi connectivity index (χ0) is 28.8. The average molecular weight is 576 g/mol. The van der Waals surface area contributed by atoms with E-state index in [1.165, 1.54) is 18.2 Å². The Balaban J connectivity index is 1.60. The first-order chi connectivity index (χ1) is 18.1. The summed E-state index contributed by atoms with van der Waals surface area (Å²) in [7, 11) is -4.29. The summed E-state index contributed by atoms with van der Waals surface area (Å²) in [4.78, 5) is 12.0. The van der Waals surface area contributed by atoms with E-state index in [2.05, 4.69) is 21.9 Å². The van der Waals surface area contributed by atoms with E-state index >= 15 is 0 Å². The number of fused-ring (bicyclic) bond motifs is 1. The second-order valence-corrected chi connectivity index (χ2v) is 11.6. The summed E-state index contributed by atoms with van der Waals surface area (Å²) >= 11 is 0. The number of halogens is 5. The standard InChI is InChI=1S/C25H26F5N3O5S/c1-14(19-11-20(19)27)31-12-17-13-33(39(35,36)18-7-4-15(26)5-8-18)21-10-16(6-9-22(21)37-17)32-23(34)38-24(2,3)25(28,29)30/h4-10,17,19-20,31H,1,11-13H2,2-3H3,(H,32,34)/t17-,19+,20-/m0/s1. The molecule has 2 aromatic rings. The van der Waals surface area contributed by atoms with Crippen molar-refractivity contribution in [3.05, 3.63) is 60.6 Å². The van der Waals surface area contributed by atoms with Crippen LogP contribution in [0.25, 0.3) is 0 Å². The van der Waals surface area contributed by atoms with Gasteiger partial charge in [-0.25, -0.2) is 22.0 Å². The van der Waals surface area contributed by atoms with Gasteiger partial charge in [0.05, 0.1) is 23.7 Å². The smallest absolute Gasteiger partial charge is 0.427 e. The Morgan fingerprint density at radius 1 is 1.18 bits per heavy atom. The molecule has 1 fully saturated rings. The first-order valence-corrected chi connectivity index (χ1v) is 13.2. The van der Waals surface area contributed by atoms with Crippen molar-refractivity contribution < 1.29 is 44.6 Å². The molecule has 8 nitrogen and oxygen atoms in total. The summed E-state index contributed by atoms with van der Waals surface area (Å²) in [6, 6.07) is 7.98. The first kappa shape index (κ1) is 28.5. The van der Waals surface area contributed by atoms with Crippen LogP contribution in [0.4, 0.5) is 38.1 Å². The van der Waals surface area contributed by atoms with Crippen LogP contribution in [0, 0.1) is 11.7 Å². The summed E-state index contributed by atoms with van der Waals surface area (Å²) in [6.45, 7) is 5.03. The molecule has 2 N–H and O–H groups in total. The summed E-state index contributed by atoms with van der Waals surface area (Å²) in [5, 5.41) is 5.14. The Kier molecular flexibility index (Phi) is 7.45. The number of nitrogens with one attached hydrogen (secondary N) is 2. The van der Waals surface area contributed by atoms with Crippen molar-refractivity contribution in [3.8, 4) is 5.75 Å². The van der Waals surface area contributed by atoms with Gasteiger partial charge in [0.25, 0.3) is 10.0 Å². The molecule has 4 rings (SSSR count). The Morgan fingerprint density at radius 2 is 1.82 bits per heavy atom. The van der Waals surface area contributed by atoms with Crippen LogP contribution in [0.2, 0.25) is 0 Å². The maximum Gasteiger partial charge on any atom is 0.427 e. The minimum Gasteiger partial charge on any atom is -0.484 e. The number of ether oxygens (including phenoxy) is 2. The van der Waals surface area contributed by atoms with Gasteiger partial charge in [0.2, 0.25) is 5.60 Å². The van der Waals surface area contributed by atoms with Gasteiger partial charge in [-0.3, -0.25) is 9.62 Å². The van der Waals surface area contributed by atoms with Crippen LogP contribution in [-0.2, 0) is 14.8 Å². The Bertz CT molecular complexity index is 1370. The van der Waals surface area contributed by atoms with Crippen molar-refractivity contribution in [3.63, 3.8) is 0 Å². The van der Waals surface area contributed by atoms with Crippen LogP contribution in [0.15, 0.2) is 59.6 Å². The fraction of sp³-hybridized carbons (Fsp3) is 0.400. The number of rotatable bonds is 8. The number of benzene rings is 2. The number of allylic oxidation sites excluding steroid dienone is 1. The first-order valence-electron chi connectivity index (χ1n) is 11.8. The Morgan fingerprint density at radius 3 is 2.41 bits per heavy atom. The van der Waals surface area contributed by atoms with E-state index in [1.807, 2.05) is 0 Å². The highest BCUT2D eigenvalue weighted by Gasteiger charge is 2.51. The highest BCUT2D eigenvalue weighted by atomic mass is 32.2. The predicted molar refractivity (Wildman–Crippen MR) is 132 cm³/mol. The SMILES string of the molecule is C=C(NC[C@H]1CN(S(=O)(=O)c2ccc(F)cc2)c2cc(NC(=O)OC(C)(C)C(F)(F)F)ccc2O1)[C@H]1C[C@@H]1F. The van der Waals surface area contributed by atoms with Crippen molar-refractivity contribution in [2.24, 2.45) is 5.92 Å². The van der Waals surface area contributed by atoms with E-state index in [1.54, 1.807) is 0 Å². The number of hydrogen-bond donors (Lipinski definition) is 2. The lowest BCUT2D eigenvalue weighted by Gasteiger charge is -2.36. The van der Waals surface area contributed by atoms with Gasteiger partial charge in [0.15, 0.2) is 0 Å². The van der Waals surface area contributed by atoms with Gasteiger partial charge in [-0.2, -0.15) is 13.2 Å². The number of amides is 1. The van der Waals surface area contributed by atoms with Crippen LogP contribution in [-0.4, -0.2) is 51.7 Å². The molecule has 1 aliphatic carbocycles. The third-order valence-electron chi connectivity index (χ3n) is 6.29. The van der Waals surface area contributed by atoms with Gasteiger partial charge in [0, 0.05) is 17.3 Å². The number of alkyl halides is 4. The number of carbonyl (C=O) groups is 1. The largest absolute Gasteiger partial charge is 0.484 e. The second kappa shape index (κ2) is 10.2. The third-order valence-corrected chi connectivity index (χ3v) is 8.08. The normalized spacial score (nSPS) is 20.9. The molecule has 1 amide bonds. The molecule has 0 bridgehead atoms. The number of sulfonamides is 1. The van der Waals surface area contributed by atoms with Crippen molar-refractivity contribution in [1.29, 1.82) is 0 Å². The molecule has 1 heterocycles. The maximum absolute atomic E-state index is 13.6. The average Bonchev–Trinajstić information content (AvgIpc) is 3.57. The molecule has 0 radical (unpaired) electrons. The van der Waals surface area contributed by atoms with Crippen LogP contribution < -0.4 is 19.7 Å². The van der Waals surface area contributed by atoms with Gasteiger partial charge < -0.3 is 14.8 Å². The summed E-state index contributed by atoms with van der Waals surface area (Å²) in [6.07, 6.45) is -7.62. The van der Waals surface area contributed by atoms with E-state index < -0.39 is 46.0 Å². The summed E-state index contributed by atoms with van der Waals surface area (Å²) < 4.78 is 105. The number of hydrogen-bond acceptors (Lipinski definition) is 6. The van der Waals surface area contributed by atoms with Crippen LogP contribution >= 0.6 is 0 Å². The molecular formula is C25H26F5N3O5S. The lowest BCUT2D eigenvalue weighted by molar-refractivity contribution is -0.242. The second-order valence-electron chi connectivity index (χ2n) is 9.70. The van der Waals surface area contributed by atoms with Gasteiger partial charge in [0.1, 0.15) is 23.8 Å². The van der Waals surface area contributed by atoms with Gasteiger partial charge in [-0.05, 0) is 62.7 Å². The molecule has 39 heavy (non-hydrogen) atoms. The van der Waals surface area contributed by atoms with E-state index in [0.717, 1.165) is 28.6 Å². The molecule has 2 aromatic carbocycles. The Labute approximate surface area is 221 Å². The van der Waals surface area contributed by atoms with Gasteiger partial charge >= 0.3 is 12.3 Å². The Hall–Kier alpha value is -3.55. The molecule has 0 spiro atoms. The van der Waals surface area contributed by atoms with Crippen LogP contribution in [0.3, 0.4) is 0 Å². The molecule has 0 aromatic heterocycles. The lowest BCUT2D eigenvalue weighted by Crippen LogP contribution is -2.47. The monoisotopic (exact) mass is 575 g/mol. The zero-order valence-electron chi connectivity index (χ0n) is 20.9. The predicted octanol–water partition coefficient (Wildman–Crippen LogP) is 5.13. The van der Waals surface area contributed by atoms with E-state index in [-0.39, 0.29) is 41.0 Å². The topological polar surface area (TPSA) is 97.0 Å². The van der Waals surface area contributed by atoms with E-state index in [4.69, 9.17) is 4.74 Å². The van der Waals surface area contributed by atoms with Crippen molar-refractivity contribution in [2.45, 2.75) is 49.2 Å². The number of carbonyl (C=O) groups excluding carboxylic acids is 1. The van der Waals surface area contributed by atoms with Crippen LogP contribution in [0.5, 0.6) is 5.75 Å². The third kappa shape index (κ3) is 6.21. The molecule has 1 saturated carbocycles. The van der Waals surface area contributed by atoms with E-state index in [0.29, 0.717) is 26.0 Å². The van der Waals surface area contributed by atoms with Crippen LogP contribution in [0.1, 0.15) is 20.3 Å². The van der Waals surface area contributed by atoms with Crippen molar-refractivity contribution in [2.75, 3.05) is 22.7 Å². The molecule has 1 aliphatic heterocycles. The molecule has 14 heteroatoms. The molecule has 3 atom stereocenters. The molecule has 212 valence electrons. The van der Waals surface area contributed by atoms with Gasteiger partial charge in [-0.1, -0.05) is 6.58 Å². The van der Waals surface area contributed by atoms with E-state index in [9.17, 15) is 35.2 Å². The van der Waals surface area contributed by atoms with Crippen molar-refractivity contribution >= 4 is 27.5 Å². The fourth-order valence-electron chi connectivity index (χ4n) is 3.79. The lowest BCUT2D eigenvalue weighted by atomic mass is 10.1. The summed E-state index contributed by atoms with van der Waals surface area (Å²) in [5.74, 6) is -0.876. The molecule has 0 saturated heterocycles. The quantitative estimate of drug-likeness (QED) is 0.424. The fourth-order valence-corrected chi connectivity index (χ4v) is 5.29. The minimum atomic E-state index is -4.83. The number of nitrogens with zero attached hydrogens (tertiary/aromatic N) is 1. The number of anilines is 2. The van der Waals surface area contributed by atoms with Crippen molar-refractivity contribution in [1.82, 2.24) is 5.32 Å². The summed E-state index contributed by atoms with van der Waals surface area (Å²) in [5.41, 5.74) is -2.40.